The van der Waals surface area contributed by atoms with E-state index in [-0.39, 0.29) is 24.0 Å². The number of hydrogen-bond donors (Lipinski definition) is 2. The smallest absolute Gasteiger partial charge is 0.226 e. The Labute approximate surface area is 177 Å². The zero-order valence-corrected chi connectivity index (χ0v) is 19.2. The zero-order valence-electron chi connectivity index (χ0n) is 16.0. The molecule has 0 aliphatic carbocycles. The molecule has 2 N–H and O–H groups in total. The molecule has 2 rings (SSSR count). The van der Waals surface area contributed by atoms with E-state index >= 15 is 0 Å². The number of hydrogen-bond acceptors (Lipinski definition) is 5. The zero-order chi connectivity index (χ0) is 18.1. The van der Waals surface area contributed by atoms with Gasteiger partial charge in [-0.15, -0.1) is 35.3 Å². The number of halogens is 1. The summed E-state index contributed by atoms with van der Waals surface area (Å²) in [4.78, 5) is 11.8. The van der Waals surface area contributed by atoms with Crippen molar-refractivity contribution in [1.29, 1.82) is 0 Å². The number of thiophene rings is 1. The Hall–Kier alpha value is -1.16. The third kappa shape index (κ3) is 7.61. The Morgan fingerprint density at radius 1 is 1.23 bits per heavy atom. The number of nitrogens with one attached hydrogen (secondary N) is 2. The van der Waals surface area contributed by atoms with Crippen molar-refractivity contribution >= 4 is 41.3 Å². The summed E-state index contributed by atoms with van der Waals surface area (Å²) in [6.45, 7) is 10.7. The summed E-state index contributed by atoms with van der Waals surface area (Å²) in [5.74, 6) is 2.63. The largest absolute Gasteiger partial charge is 0.357 e. The van der Waals surface area contributed by atoms with Crippen LogP contribution in [0.2, 0.25) is 0 Å². The quantitative estimate of drug-likeness (QED) is 0.239. The molecule has 0 fully saturated rings. The second kappa shape index (κ2) is 12.3. The molecular formula is C18H30IN5OS. The molecular weight excluding hydrogens is 461 g/mol. The lowest BCUT2D eigenvalue weighted by atomic mass is 10.2. The van der Waals surface area contributed by atoms with Gasteiger partial charge >= 0.3 is 0 Å². The predicted octanol–water partition coefficient (Wildman–Crippen LogP) is 4.12. The minimum Gasteiger partial charge on any atom is -0.357 e. The van der Waals surface area contributed by atoms with Gasteiger partial charge in [-0.3, -0.25) is 0 Å². The van der Waals surface area contributed by atoms with Gasteiger partial charge in [0.25, 0.3) is 0 Å². The summed E-state index contributed by atoms with van der Waals surface area (Å²) in [6.07, 6.45) is 2.78. The fourth-order valence-electron chi connectivity index (χ4n) is 2.25. The number of guanidine groups is 1. The summed E-state index contributed by atoms with van der Waals surface area (Å²) >= 11 is 1.83. The Morgan fingerprint density at radius 3 is 2.62 bits per heavy atom. The molecule has 0 atom stereocenters. The highest BCUT2D eigenvalue weighted by Crippen LogP contribution is 2.17. The van der Waals surface area contributed by atoms with Crippen LogP contribution in [0.5, 0.6) is 0 Å². The van der Waals surface area contributed by atoms with Crippen molar-refractivity contribution in [3.8, 4) is 0 Å². The van der Waals surface area contributed by atoms with E-state index in [0.29, 0.717) is 18.4 Å². The minimum absolute atomic E-state index is 0. The highest BCUT2D eigenvalue weighted by molar-refractivity contribution is 14.0. The molecule has 0 unspecified atom stereocenters. The van der Waals surface area contributed by atoms with Gasteiger partial charge in [0, 0.05) is 35.2 Å². The Balaban J connectivity index is 0.00000338. The molecule has 0 aliphatic heterocycles. The van der Waals surface area contributed by atoms with Gasteiger partial charge < -0.3 is 15.2 Å². The molecule has 0 radical (unpaired) electrons. The molecule has 6 nitrogen and oxygen atoms in total. The molecule has 2 heterocycles. The van der Waals surface area contributed by atoms with E-state index in [9.17, 15) is 0 Å². The summed E-state index contributed by atoms with van der Waals surface area (Å²) in [6, 6.07) is 4.35. The van der Waals surface area contributed by atoms with Crippen LogP contribution in [0.1, 0.15) is 61.5 Å². The van der Waals surface area contributed by atoms with Crippen LogP contribution in [0, 0.1) is 0 Å². The van der Waals surface area contributed by atoms with Gasteiger partial charge in [-0.2, -0.15) is 4.98 Å². The van der Waals surface area contributed by atoms with Gasteiger partial charge in [-0.25, -0.2) is 4.99 Å². The molecule has 0 amide bonds. The van der Waals surface area contributed by atoms with Crippen molar-refractivity contribution in [3.05, 3.63) is 33.6 Å². The van der Waals surface area contributed by atoms with Crippen molar-refractivity contribution in [2.24, 2.45) is 4.99 Å². The monoisotopic (exact) mass is 491 g/mol. The van der Waals surface area contributed by atoms with E-state index in [0.717, 1.165) is 44.1 Å². The number of aromatic nitrogens is 2. The van der Waals surface area contributed by atoms with Crippen LogP contribution in [0.25, 0.3) is 0 Å². The second-order valence-corrected chi connectivity index (χ2v) is 7.40. The lowest BCUT2D eigenvalue weighted by Gasteiger charge is -2.10. The van der Waals surface area contributed by atoms with E-state index in [1.807, 2.05) is 11.3 Å². The average Bonchev–Trinajstić information content (AvgIpc) is 3.25. The Kier molecular flexibility index (Phi) is 10.8. The topological polar surface area (TPSA) is 75.3 Å². The SMILES string of the molecule is CCNC(=NCc1ccc(CC)s1)NCCCc1nc(C(C)C)no1.I. The van der Waals surface area contributed by atoms with Crippen molar-refractivity contribution < 1.29 is 4.52 Å². The lowest BCUT2D eigenvalue weighted by Crippen LogP contribution is -2.37. The Bertz CT molecular complexity index is 668. The van der Waals surface area contributed by atoms with Crippen molar-refractivity contribution in [2.45, 2.75) is 59.4 Å². The molecule has 0 spiro atoms. The first kappa shape index (κ1) is 22.9. The Morgan fingerprint density at radius 2 is 2.00 bits per heavy atom. The van der Waals surface area contributed by atoms with Gasteiger partial charge in [0.1, 0.15) is 0 Å². The molecule has 146 valence electrons. The van der Waals surface area contributed by atoms with Crippen LogP contribution in [-0.4, -0.2) is 29.2 Å². The van der Waals surface area contributed by atoms with Gasteiger partial charge in [0.05, 0.1) is 6.54 Å². The first-order chi connectivity index (χ1) is 12.1. The molecule has 0 bridgehead atoms. The van der Waals surface area contributed by atoms with Crippen LogP contribution in [-0.2, 0) is 19.4 Å². The summed E-state index contributed by atoms with van der Waals surface area (Å²) < 4.78 is 5.27. The summed E-state index contributed by atoms with van der Waals surface area (Å²) in [7, 11) is 0. The van der Waals surface area contributed by atoms with Crippen molar-refractivity contribution in [2.75, 3.05) is 13.1 Å². The van der Waals surface area contributed by atoms with Gasteiger partial charge in [0.15, 0.2) is 11.8 Å². The predicted molar refractivity (Wildman–Crippen MR) is 119 cm³/mol. The molecule has 2 aromatic heterocycles. The number of aliphatic imine (C=N–C) groups is 1. The third-order valence-electron chi connectivity index (χ3n) is 3.66. The van der Waals surface area contributed by atoms with E-state index in [1.54, 1.807) is 0 Å². The summed E-state index contributed by atoms with van der Waals surface area (Å²) in [5, 5.41) is 10.6. The fraction of sp³-hybridized carbons (Fsp3) is 0.611. The average molecular weight is 491 g/mol. The highest BCUT2D eigenvalue weighted by atomic mass is 127. The van der Waals surface area contributed by atoms with Gasteiger partial charge in [-0.1, -0.05) is 25.9 Å². The first-order valence-corrected chi connectivity index (χ1v) is 9.86. The molecule has 26 heavy (non-hydrogen) atoms. The maximum absolute atomic E-state index is 5.27. The number of aryl methyl sites for hydroxylation is 2. The standard InChI is InChI=1S/C18H29N5OS.HI/c1-5-14-9-10-15(25-14)12-21-18(19-6-2)20-11-7-8-16-22-17(13(3)4)23-24-16;/h9-10,13H,5-8,11-12H2,1-4H3,(H2,19,20,21);1H. The van der Waals surface area contributed by atoms with Crippen LogP contribution in [0.3, 0.4) is 0 Å². The van der Waals surface area contributed by atoms with Gasteiger partial charge in [0.2, 0.25) is 5.89 Å². The normalized spacial score (nSPS) is 11.5. The van der Waals surface area contributed by atoms with E-state index in [2.05, 4.69) is 65.6 Å². The fourth-order valence-corrected chi connectivity index (χ4v) is 3.13. The van der Waals surface area contributed by atoms with Crippen LogP contribution < -0.4 is 10.6 Å². The van der Waals surface area contributed by atoms with Crippen molar-refractivity contribution in [1.82, 2.24) is 20.8 Å². The maximum Gasteiger partial charge on any atom is 0.226 e. The number of nitrogens with zero attached hydrogens (tertiary/aromatic N) is 3. The molecule has 0 aromatic carbocycles. The third-order valence-corrected chi connectivity index (χ3v) is 4.88. The van der Waals surface area contributed by atoms with Crippen LogP contribution in [0.4, 0.5) is 0 Å². The lowest BCUT2D eigenvalue weighted by molar-refractivity contribution is 0.368. The van der Waals surface area contributed by atoms with E-state index in [4.69, 9.17) is 4.52 Å². The molecule has 0 saturated heterocycles. The molecule has 8 heteroatoms. The van der Waals surface area contributed by atoms with E-state index < -0.39 is 0 Å². The second-order valence-electron chi connectivity index (χ2n) is 6.15. The first-order valence-electron chi connectivity index (χ1n) is 9.04. The number of rotatable bonds is 9. The molecule has 2 aromatic rings. The highest BCUT2D eigenvalue weighted by Gasteiger charge is 2.09. The van der Waals surface area contributed by atoms with Crippen molar-refractivity contribution in [3.63, 3.8) is 0 Å². The minimum atomic E-state index is 0. The van der Waals surface area contributed by atoms with E-state index in [1.165, 1.54) is 9.75 Å². The van der Waals surface area contributed by atoms with Gasteiger partial charge in [-0.05, 0) is 31.9 Å². The molecule has 0 aliphatic rings. The maximum atomic E-state index is 5.27. The summed E-state index contributed by atoms with van der Waals surface area (Å²) in [5.41, 5.74) is 0. The molecule has 0 saturated carbocycles. The van der Waals surface area contributed by atoms with Crippen LogP contribution >= 0.6 is 35.3 Å². The van der Waals surface area contributed by atoms with Crippen LogP contribution in [0.15, 0.2) is 21.6 Å².